The smallest absolute Gasteiger partial charge is 0.290 e. The highest BCUT2D eigenvalue weighted by atomic mass is 32.1. The molecule has 0 saturated heterocycles. The zero-order valence-corrected chi connectivity index (χ0v) is 18.9. The van der Waals surface area contributed by atoms with E-state index >= 15 is 0 Å². The number of thiazole rings is 1. The summed E-state index contributed by atoms with van der Waals surface area (Å²) in [7, 11) is 0. The summed E-state index contributed by atoms with van der Waals surface area (Å²) < 4.78 is 5.62. The molecule has 1 aliphatic heterocycles. The number of aliphatic hydroxyl groups excluding tert-OH is 1. The summed E-state index contributed by atoms with van der Waals surface area (Å²) in [6.45, 7) is 10.1. The molecule has 0 fully saturated rings. The number of aromatic nitrogens is 1. The molecule has 6 nitrogen and oxygen atoms in total. The molecule has 1 N–H and O–H groups in total. The standard InChI is InChI=1S/C23H28N2O4S/c1-6-16-7-9-17(10-8-16)19-18(20(26)22-14(4)24-15(5)30-22)21(27)23(28)25(19)11-12-29-13(2)3/h7-10,13,19,27H,6,11-12H2,1-5H3. The number of rotatable bonds is 8. The zero-order valence-electron chi connectivity index (χ0n) is 18.1. The van der Waals surface area contributed by atoms with Crippen LogP contribution in [0.4, 0.5) is 0 Å². The largest absolute Gasteiger partial charge is 0.503 e. The maximum atomic E-state index is 13.4. The van der Waals surface area contributed by atoms with E-state index in [4.69, 9.17) is 4.74 Å². The number of carbonyl (C=O) groups is 2. The van der Waals surface area contributed by atoms with Gasteiger partial charge in [-0.25, -0.2) is 4.98 Å². The molecule has 3 rings (SSSR count). The molecule has 0 saturated carbocycles. The van der Waals surface area contributed by atoms with Crippen molar-refractivity contribution >= 4 is 23.0 Å². The lowest BCUT2D eigenvalue weighted by Crippen LogP contribution is -2.34. The van der Waals surface area contributed by atoms with Crippen molar-refractivity contribution in [2.24, 2.45) is 0 Å². The predicted octanol–water partition coefficient (Wildman–Crippen LogP) is 4.33. The number of ketones is 1. The fourth-order valence-electron chi connectivity index (χ4n) is 3.65. The normalized spacial score (nSPS) is 16.8. The van der Waals surface area contributed by atoms with Crippen molar-refractivity contribution in [2.45, 2.75) is 53.2 Å². The van der Waals surface area contributed by atoms with Gasteiger partial charge in [0.1, 0.15) is 0 Å². The molecule has 1 aromatic carbocycles. The summed E-state index contributed by atoms with van der Waals surface area (Å²) in [5, 5.41) is 11.5. The Morgan fingerprint density at radius 2 is 1.93 bits per heavy atom. The molecule has 0 aliphatic carbocycles. The minimum Gasteiger partial charge on any atom is -0.503 e. The molecule has 1 unspecified atom stereocenters. The number of nitrogens with zero attached hydrogens (tertiary/aromatic N) is 2. The van der Waals surface area contributed by atoms with Crippen molar-refractivity contribution in [1.29, 1.82) is 0 Å². The molecule has 2 heterocycles. The first-order valence-electron chi connectivity index (χ1n) is 10.2. The Balaban J connectivity index is 2.03. The molecule has 0 radical (unpaired) electrons. The zero-order chi connectivity index (χ0) is 22.0. The second-order valence-electron chi connectivity index (χ2n) is 7.65. The molecule has 160 valence electrons. The summed E-state index contributed by atoms with van der Waals surface area (Å²) >= 11 is 1.28. The summed E-state index contributed by atoms with van der Waals surface area (Å²) in [5.41, 5.74) is 2.67. The van der Waals surface area contributed by atoms with Crippen molar-refractivity contribution in [3.05, 3.63) is 62.3 Å². The molecule has 7 heteroatoms. The molecule has 30 heavy (non-hydrogen) atoms. The fraction of sp³-hybridized carbons (Fsp3) is 0.435. The number of Topliss-reactive ketones (excluding diaryl/α,β-unsaturated/α-hetero) is 1. The van der Waals surface area contributed by atoms with Gasteiger partial charge >= 0.3 is 0 Å². The SMILES string of the molecule is CCc1ccc(C2C(C(=O)c3sc(C)nc3C)=C(O)C(=O)N2CCOC(C)C)cc1. The first kappa shape index (κ1) is 22.2. The third-order valence-corrected chi connectivity index (χ3v) is 6.22. The number of hydrogen-bond donors (Lipinski definition) is 1. The fourth-order valence-corrected chi connectivity index (χ4v) is 4.52. The Kier molecular flexibility index (Phi) is 6.73. The first-order chi connectivity index (χ1) is 14.2. The van der Waals surface area contributed by atoms with Gasteiger partial charge in [-0.1, -0.05) is 31.2 Å². The van der Waals surface area contributed by atoms with Gasteiger partial charge in [-0.3, -0.25) is 9.59 Å². The Morgan fingerprint density at radius 3 is 2.47 bits per heavy atom. The van der Waals surface area contributed by atoms with Crippen LogP contribution in [-0.4, -0.2) is 45.9 Å². The number of benzene rings is 1. The molecule has 0 spiro atoms. The Labute approximate surface area is 181 Å². The maximum Gasteiger partial charge on any atom is 0.290 e. The monoisotopic (exact) mass is 428 g/mol. The van der Waals surface area contributed by atoms with Crippen molar-refractivity contribution in [3.8, 4) is 0 Å². The molecule has 1 atom stereocenters. The summed E-state index contributed by atoms with van der Waals surface area (Å²) in [6, 6.07) is 7.16. The lowest BCUT2D eigenvalue weighted by Gasteiger charge is -2.27. The van der Waals surface area contributed by atoms with E-state index in [-0.39, 0.29) is 24.0 Å². The lowest BCUT2D eigenvalue weighted by atomic mass is 9.94. The van der Waals surface area contributed by atoms with Crippen LogP contribution in [0.2, 0.25) is 0 Å². The van der Waals surface area contributed by atoms with Gasteiger partial charge < -0.3 is 14.7 Å². The molecule has 1 aromatic heterocycles. The lowest BCUT2D eigenvalue weighted by molar-refractivity contribution is -0.130. The molecule has 1 amide bonds. The number of amides is 1. The van der Waals surface area contributed by atoms with Crippen molar-refractivity contribution in [3.63, 3.8) is 0 Å². The van der Waals surface area contributed by atoms with Crippen LogP contribution in [0.1, 0.15) is 58.3 Å². The van der Waals surface area contributed by atoms with E-state index < -0.39 is 17.7 Å². The quantitative estimate of drug-likeness (QED) is 0.633. The second kappa shape index (κ2) is 9.10. The molecule has 0 bridgehead atoms. The molecular weight excluding hydrogens is 400 g/mol. The van der Waals surface area contributed by atoms with Crippen LogP contribution in [0.25, 0.3) is 0 Å². The molecule has 2 aromatic rings. The Morgan fingerprint density at radius 1 is 1.27 bits per heavy atom. The topological polar surface area (TPSA) is 79.7 Å². The van der Waals surface area contributed by atoms with Gasteiger partial charge in [0, 0.05) is 6.54 Å². The van der Waals surface area contributed by atoms with Gasteiger partial charge in [0.25, 0.3) is 5.91 Å². The predicted molar refractivity (Wildman–Crippen MR) is 117 cm³/mol. The van der Waals surface area contributed by atoms with Crippen LogP contribution < -0.4 is 0 Å². The summed E-state index contributed by atoms with van der Waals surface area (Å²) in [6.07, 6.45) is 0.914. The first-order valence-corrected chi connectivity index (χ1v) is 11.0. The van der Waals surface area contributed by atoms with Crippen LogP contribution in [0.5, 0.6) is 0 Å². The highest BCUT2D eigenvalue weighted by Crippen LogP contribution is 2.40. The van der Waals surface area contributed by atoms with E-state index in [1.54, 1.807) is 6.92 Å². The van der Waals surface area contributed by atoms with Crippen molar-refractivity contribution < 1.29 is 19.4 Å². The van der Waals surface area contributed by atoms with E-state index in [2.05, 4.69) is 11.9 Å². The van der Waals surface area contributed by atoms with E-state index in [0.717, 1.165) is 22.6 Å². The van der Waals surface area contributed by atoms with Gasteiger partial charge in [0.05, 0.1) is 39.9 Å². The number of ether oxygens (including phenoxy) is 1. The van der Waals surface area contributed by atoms with Crippen LogP contribution in [0.3, 0.4) is 0 Å². The van der Waals surface area contributed by atoms with Crippen molar-refractivity contribution in [1.82, 2.24) is 9.88 Å². The van der Waals surface area contributed by atoms with Gasteiger partial charge in [-0.05, 0) is 45.2 Å². The molecular formula is C23H28N2O4S. The van der Waals surface area contributed by atoms with E-state index in [0.29, 0.717) is 17.2 Å². The van der Waals surface area contributed by atoms with Crippen LogP contribution in [0.15, 0.2) is 35.6 Å². The summed E-state index contributed by atoms with van der Waals surface area (Å²) in [5.74, 6) is -1.38. The Bertz CT molecular complexity index is 976. The minimum atomic E-state index is -0.659. The number of aryl methyl sites for hydroxylation is 3. The highest BCUT2D eigenvalue weighted by molar-refractivity contribution is 7.14. The van der Waals surface area contributed by atoms with Gasteiger partial charge in [0.2, 0.25) is 5.78 Å². The average Bonchev–Trinajstić information content (AvgIpc) is 3.18. The minimum absolute atomic E-state index is 0.0236. The summed E-state index contributed by atoms with van der Waals surface area (Å²) in [4.78, 5) is 32.6. The van der Waals surface area contributed by atoms with Crippen LogP contribution >= 0.6 is 11.3 Å². The molecule has 1 aliphatic rings. The number of hydrogen-bond acceptors (Lipinski definition) is 6. The van der Waals surface area contributed by atoms with E-state index in [1.165, 1.54) is 16.2 Å². The number of carbonyl (C=O) groups excluding carboxylic acids is 2. The average molecular weight is 429 g/mol. The van der Waals surface area contributed by atoms with Crippen LogP contribution in [0, 0.1) is 13.8 Å². The van der Waals surface area contributed by atoms with Gasteiger partial charge in [0.15, 0.2) is 5.76 Å². The third kappa shape index (κ3) is 4.32. The Hall–Kier alpha value is -2.51. The van der Waals surface area contributed by atoms with Crippen molar-refractivity contribution in [2.75, 3.05) is 13.2 Å². The highest BCUT2D eigenvalue weighted by Gasteiger charge is 2.44. The second-order valence-corrected chi connectivity index (χ2v) is 8.86. The maximum absolute atomic E-state index is 13.4. The van der Waals surface area contributed by atoms with Gasteiger partial charge in [-0.2, -0.15) is 0 Å². The van der Waals surface area contributed by atoms with Crippen LogP contribution in [-0.2, 0) is 16.0 Å². The third-order valence-electron chi connectivity index (χ3n) is 5.15. The van der Waals surface area contributed by atoms with Gasteiger partial charge in [-0.15, -0.1) is 11.3 Å². The van der Waals surface area contributed by atoms with E-state index in [1.807, 2.05) is 45.0 Å². The number of aliphatic hydroxyl groups is 1. The van der Waals surface area contributed by atoms with E-state index in [9.17, 15) is 14.7 Å².